The lowest BCUT2D eigenvalue weighted by Gasteiger charge is -2.23. The molecule has 0 unspecified atom stereocenters. The Labute approximate surface area is 137 Å². The second kappa shape index (κ2) is 6.93. The molecule has 0 aliphatic rings. The van der Waals surface area contributed by atoms with Crippen molar-refractivity contribution in [3.63, 3.8) is 0 Å². The Morgan fingerprint density at radius 1 is 1.17 bits per heavy atom. The lowest BCUT2D eigenvalue weighted by atomic mass is 10.2. The fourth-order valence-electron chi connectivity index (χ4n) is 1.95. The number of para-hydroxylation sites is 1. The summed E-state index contributed by atoms with van der Waals surface area (Å²) in [4.78, 5) is 10.1. The van der Waals surface area contributed by atoms with Crippen molar-refractivity contribution in [2.24, 2.45) is 0 Å². The summed E-state index contributed by atoms with van der Waals surface area (Å²) in [5.74, 6) is -0.735. The van der Waals surface area contributed by atoms with Crippen LogP contribution in [0.5, 0.6) is 0 Å². The molecule has 6 nitrogen and oxygen atoms in total. The number of nitrogens with zero attached hydrogens (tertiary/aromatic N) is 2. The third-order valence-electron chi connectivity index (χ3n) is 3.07. The SMILES string of the molecule is O=[N+]([O-])c1ccc(F)c(CN(c2ccccc2)S(=O)(=O)CCl)c1. The van der Waals surface area contributed by atoms with Crippen LogP contribution in [-0.2, 0) is 16.6 Å². The summed E-state index contributed by atoms with van der Waals surface area (Å²) in [5, 5.41) is 10.1. The summed E-state index contributed by atoms with van der Waals surface area (Å²) in [6, 6.07) is 11.0. The van der Waals surface area contributed by atoms with Crippen molar-refractivity contribution in [1.29, 1.82) is 0 Å². The molecule has 0 fully saturated rings. The molecule has 0 spiro atoms. The molecule has 9 heteroatoms. The number of benzene rings is 2. The van der Waals surface area contributed by atoms with Crippen molar-refractivity contribution in [2.45, 2.75) is 6.54 Å². The van der Waals surface area contributed by atoms with Gasteiger partial charge in [0.25, 0.3) is 5.69 Å². The standard InChI is InChI=1S/C14H12ClFN2O4S/c15-10-23(21,22)17(12-4-2-1-3-5-12)9-11-8-13(18(19)20)6-7-14(11)16/h1-8H,9-10H2. The molecule has 0 amide bonds. The van der Waals surface area contributed by atoms with Crippen molar-refractivity contribution in [2.75, 3.05) is 9.52 Å². The smallest absolute Gasteiger partial charge is 0.265 e. The molecular weight excluding hydrogens is 347 g/mol. The summed E-state index contributed by atoms with van der Waals surface area (Å²) in [5.41, 5.74) is -0.145. The predicted octanol–water partition coefficient (Wildman–Crippen LogP) is 3.27. The van der Waals surface area contributed by atoms with E-state index in [2.05, 4.69) is 0 Å². The molecule has 0 heterocycles. The summed E-state index contributed by atoms with van der Waals surface area (Å²) < 4.78 is 39.2. The molecule has 0 atom stereocenters. The van der Waals surface area contributed by atoms with E-state index in [0.717, 1.165) is 22.5 Å². The molecule has 0 aliphatic carbocycles. The van der Waals surface area contributed by atoms with Gasteiger partial charge in [0.1, 0.15) is 11.0 Å². The van der Waals surface area contributed by atoms with Gasteiger partial charge >= 0.3 is 0 Å². The molecule has 0 saturated heterocycles. The van der Waals surface area contributed by atoms with E-state index >= 15 is 0 Å². The number of rotatable bonds is 6. The largest absolute Gasteiger partial charge is 0.269 e. The minimum absolute atomic E-state index is 0.114. The molecule has 2 aromatic rings. The Morgan fingerprint density at radius 2 is 1.83 bits per heavy atom. The fourth-order valence-corrected chi connectivity index (χ4v) is 3.20. The van der Waals surface area contributed by atoms with Gasteiger partial charge in [-0.1, -0.05) is 18.2 Å². The summed E-state index contributed by atoms with van der Waals surface area (Å²) >= 11 is 5.49. The van der Waals surface area contributed by atoms with Crippen LogP contribution in [0.1, 0.15) is 5.56 Å². The molecule has 0 saturated carbocycles. The number of nitro groups is 1. The van der Waals surface area contributed by atoms with Gasteiger partial charge in [0.15, 0.2) is 0 Å². The number of sulfonamides is 1. The average Bonchev–Trinajstić information content (AvgIpc) is 2.54. The van der Waals surface area contributed by atoms with Crippen LogP contribution >= 0.6 is 11.6 Å². The number of anilines is 1. The number of hydrogen-bond acceptors (Lipinski definition) is 4. The molecule has 0 aliphatic heterocycles. The van der Waals surface area contributed by atoms with Crippen LogP contribution in [0.3, 0.4) is 0 Å². The first-order valence-corrected chi connectivity index (χ1v) is 8.54. The van der Waals surface area contributed by atoms with Crippen LogP contribution in [0.4, 0.5) is 15.8 Å². The van der Waals surface area contributed by atoms with E-state index in [9.17, 15) is 22.9 Å². The highest BCUT2D eigenvalue weighted by Gasteiger charge is 2.24. The lowest BCUT2D eigenvalue weighted by molar-refractivity contribution is -0.385. The van der Waals surface area contributed by atoms with Crippen LogP contribution in [0.25, 0.3) is 0 Å². The second-order valence-electron chi connectivity index (χ2n) is 4.60. The van der Waals surface area contributed by atoms with Crippen molar-refractivity contribution in [1.82, 2.24) is 0 Å². The van der Waals surface area contributed by atoms with E-state index in [1.807, 2.05) is 0 Å². The maximum absolute atomic E-state index is 13.9. The van der Waals surface area contributed by atoms with Crippen LogP contribution in [0.2, 0.25) is 0 Å². The van der Waals surface area contributed by atoms with Gasteiger partial charge in [-0.25, -0.2) is 12.8 Å². The number of non-ortho nitro benzene ring substituents is 1. The van der Waals surface area contributed by atoms with Gasteiger partial charge in [-0.05, 0) is 18.2 Å². The molecule has 122 valence electrons. The highest BCUT2D eigenvalue weighted by atomic mass is 35.5. The highest BCUT2D eigenvalue weighted by Crippen LogP contribution is 2.25. The third-order valence-corrected chi connectivity index (χ3v) is 5.19. The summed E-state index contributed by atoms with van der Waals surface area (Å²) in [6.45, 7) is -0.396. The zero-order chi connectivity index (χ0) is 17.0. The fraction of sp³-hybridized carbons (Fsp3) is 0.143. The Balaban J connectivity index is 2.47. The minimum Gasteiger partial charge on any atom is -0.265 e. The van der Waals surface area contributed by atoms with E-state index in [0.29, 0.717) is 5.69 Å². The molecule has 0 radical (unpaired) electrons. The van der Waals surface area contributed by atoms with Gasteiger partial charge in [0.2, 0.25) is 10.0 Å². The molecule has 0 N–H and O–H groups in total. The zero-order valence-electron chi connectivity index (χ0n) is 11.7. The maximum Gasteiger partial charge on any atom is 0.269 e. The topological polar surface area (TPSA) is 80.5 Å². The summed E-state index contributed by atoms with van der Waals surface area (Å²) in [6.07, 6.45) is 0. The molecular formula is C14H12ClFN2O4S. The first-order valence-electron chi connectivity index (χ1n) is 6.39. The van der Waals surface area contributed by atoms with Gasteiger partial charge in [-0.3, -0.25) is 14.4 Å². The van der Waals surface area contributed by atoms with Crippen LogP contribution in [0, 0.1) is 15.9 Å². The molecule has 23 heavy (non-hydrogen) atoms. The van der Waals surface area contributed by atoms with Gasteiger partial charge < -0.3 is 0 Å². The first-order chi connectivity index (χ1) is 10.8. The normalized spacial score (nSPS) is 11.2. The predicted molar refractivity (Wildman–Crippen MR) is 85.3 cm³/mol. The second-order valence-corrected chi connectivity index (χ2v) is 7.07. The van der Waals surface area contributed by atoms with E-state index < -0.39 is 32.5 Å². The Morgan fingerprint density at radius 3 is 2.39 bits per heavy atom. The van der Waals surface area contributed by atoms with Crippen molar-refractivity contribution in [3.05, 3.63) is 70.0 Å². The van der Waals surface area contributed by atoms with Crippen LogP contribution in [-0.4, -0.2) is 18.6 Å². The van der Waals surface area contributed by atoms with Gasteiger partial charge in [0, 0.05) is 17.7 Å². The average molecular weight is 359 g/mol. The first kappa shape index (κ1) is 17.2. The van der Waals surface area contributed by atoms with Gasteiger partial charge in [0.05, 0.1) is 17.2 Å². The van der Waals surface area contributed by atoms with Gasteiger partial charge in [-0.2, -0.15) is 0 Å². The minimum atomic E-state index is -3.90. The maximum atomic E-state index is 13.9. The van der Waals surface area contributed by atoms with Crippen LogP contribution in [0.15, 0.2) is 48.5 Å². The number of halogens is 2. The Hall–Kier alpha value is -2.19. The summed E-state index contributed by atoms with van der Waals surface area (Å²) in [7, 11) is -3.90. The van der Waals surface area contributed by atoms with E-state index in [4.69, 9.17) is 11.6 Å². The van der Waals surface area contributed by atoms with E-state index in [-0.39, 0.29) is 11.3 Å². The molecule has 2 rings (SSSR count). The Kier molecular flexibility index (Phi) is 5.17. The highest BCUT2D eigenvalue weighted by molar-refractivity contribution is 7.93. The number of nitro benzene ring substituents is 1. The van der Waals surface area contributed by atoms with Crippen molar-refractivity contribution in [3.8, 4) is 0 Å². The lowest BCUT2D eigenvalue weighted by Crippen LogP contribution is -2.31. The number of alkyl halides is 1. The molecule has 0 aromatic heterocycles. The molecule has 0 bridgehead atoms. The van der Waals surface area contributed by atoms with Gasteiger partial charge in [-0.15, -0.1) is 11.6 Å². The van der Waals surface area contributed by atoms with Crippen molar-refractivity contribution < 1.29 is 17.7 Å². The molecule has 2 aromatic carbocycles. The Bertz CT molecular complexity index is 815. The van der Waals surface area contributed by atoms with Crippen LogP contribution < -0.4 is 4.31 Å². The zero-order valence-corrected chi connectivity index (χ0v) is 13.3. The number of hydrogen-bond donors (Lipinski definition) is 0. The van der Waals surface area contributed by atoms with E-state index in [1.54, 1.807) is 18.2 Å². The van der Waals surface area contributed by atoms with Crippen molar-refractivity contribution >= 4 is 33.0 Å². The quantitative estimate of drug-likeness (QED) is 0.451. The van der Waals surface area contributed by atoms with E-state index in [1.165, 1.54) is 12.1 Å². The monoisotopic (exact) mass is 358 g/mol. The third kappa shape index (κ3) is 3.96.